The Labute approximate surface area is 192 Å². The number of nitrogens with zero attached hydrogens (tertiary/aromatic N) is 2. The van der Waals surface area contributed by atoms with Gasteiger partial charge in [-0.1, -0.05) is 24.6 Å². The van der Waals surface area contributed by atoms with Crippen molar-refractivity contribution in [1.29, 1.82) is 0 Å². The highest BCUT2D eigenvalue weighted by Crippen LogP contribution is 2.38. The first kappa shape index (κ1) is 22.1. The van der Waals surface area contributed by atoms with E-state index in [4.69, 9.17) is 11.6 Å². The first-order valence-electron chi connectivity index (χ1n) is 10.9. The first-order valence-corrected chi connectivity index (χ1v) is 11.3. The molecule has 4 amide bonds. The van der Waals surface area contributed by atoms with Crippen LogP contribution in [0, 0.1) is 11.8 Å². The van der Waals surface area contributed by atoms with Gasteiger partial charge in [0.25, 0.3) is 5.91 Å². The van der Waals surface area contributed by atoms with Crippen molar-refractivity contribution >= 4 is 40.8 Å². The topological polar surface area (TPSA) is 81.8 Å². The summed E-state index contributed by atoms with van der Waals surface area (Å²) in [5.41, 5.74) is 1.85. The summed E-state index contributed by atoms with van der Waals surface area (Å²) in [5.74, 6) is 0.418. The average Bonchev–Trinajstić information content (AvgIpc) is 3.56. The van der Waals surface area contributed by atoms with Crippen molar-refractivity contribution in [2.45, 2.75) is 19.8 Å². The Morgan fingerprint density at radius 2 is 1.59 bits per heavy atom. The van der Waals surface area contributed by atoms with Gasteiger partial charge in [-0.3, -0.25) is 9.59 Å². The number of carbonyl (C=O) groups excluding carboxylic acids is 3. The molecule has 1 saturated heterocycles. The van der Waals surface area contributed by atoms with Gasteiger partial charge in [-0.15, -0.1) is 0 Å². The van der Waals surface area contributed by atoms with Gasteiger partial charge in [0.15, 0.2) is 0 Å². The number of anilines is 2. The van der Waals surface area contributed by atoms with Crippen molar-refractivity contribution in [2.75, 3.05) is 36.8 Å². The molecule has 1 aliphatic heterocycles. The van der Waals surface area contributed by atoms with Crippen LogP contribution in [0.2, 0.25) is 5.02 Å². The van der Waals surface area contributed by atoms with Gasteiger partial charge in [-0.05, 0) is 61.2 Å². The van der Waals surface area contributed by atoms with E-state index in [1.807, 2.05) is 0 Å². The van der Waals surface area contributed by atoms with E-state index < -0.39 is 0 Å². The van der Waals surface area contributed by atoms with E-state index in [1.54, 1.807) is 58.3 Å². The van der Waals surface area contributed by atoms with Gasteiger partial charge in [-0.2, -0.15) is 0 Å². The van der Waals surface area contributed by atoms with Crippen molar-refractivity contribution in [1.82, 2.24) is 9.80 Å². The van der Waals surface area contributed by atoms with E-state index in [1.165, 1.54) is 0 Å². The van der Waals surface area contributed by atoms with Gasteiger partial charge >= 0.3 is 6.03 Å². The van der Waals surface area contributed by atoms with E-state index in [2.05, 4.69) is 17.6 Å². The van der Waals surface area contributed by atoms with Crippen molar-refractivity contribution in [3.05, 3.63) is 59.1 Å². The zero-order chi connectivity index (χ0) is 22.7. The molecule has 0 bridgehead atoms. The molecule has 2 aliphatic rings. The highest BCUT2D eigenvalue weighted by Gasteiger charge is 2.39. The molecular formula is C24H27ClN4O3. The standard InChI is InChI=1S/C24H27ClN4O3/c1-16-14-21(16)22(30)26-20-5-2-4-17(15-20)23(31)28-10-3-11-29(13-12-28)24(32)27-19-8-6-18(25)7-9-19/h2,4-9,15-16,21H,3,10-14H2,1H3,(H,26,30)(H,27,32). The summed E-state index contributed by atoms with van der Waals surface area (Å²) in [7, 11) is 0. The number of hydrogen-bond acceptors (Lipinski definition) is 3. The average molecular weight is 455 g/mol. The van der Waals surface area contributed by atoms with Crippen LogP contribution in [0.25, 0.3) is 0 Å². The first-order chi connectivity index (χ1) is 15.4. The van der Waals surface area contributed by atoms with Crippen LogP contribution in [0.3, 0.4) is 0 Å². The van der Waals surface area contributed by atoms with Crippen LogP contribution in [0.4, 0.5) is 16.2 Å². The van der Waals surface area contributed by atoms with E-state index in [9.17, 15) is 14.4 Å². The second kappa shape index (κ2) is 9.61. The maximum atomic E-state index is 13.1. The largest absolute Gasteiger partial charge is 0.337 e. The monoisotopic (exact) mass is 454 g/mol. The van der Waals surface area contributed by atoms with E-state index in [0.29, 0.717) is 60.5 Å². The number of carbonyl (C=O) groups is 3. The lowest BCUT2D eigenvalue weighted by Gasteiger charge is -2.23. The lowest BCUT2D eigenvalue weighted by molar-refractivity contribution is -0.117. The van der Waals surface area contributed by atoms with Crippen LogP contribution < -0.4 is 10.6 Å². The zero-order valence-corrected chi connectivity index (χ0v) is 18.8. The number of urea groups is 1. The van der Waals surface area contributed by atoms with Crippen LogP contribution >= 0.6 is 11.6 Å². The van der Waals surface area contributed by atoms with Crippen LogP contribution in [-0.4, -0.2) is 53.8 Å². The van der Waals surface area contributed by atoms with E-state index in [-0.39, 0.29) is 23.8 Å². The van der Waals surface area contributed by atoms with Gasteiger partial charge in [0.2, 0.25) is 5.91 Å². The molecule has 7 nitrogen and oxygen atoms in total. The highest BCUT2D eigenvalue weighted by molar-refractivity contribution is 6.30. The minimum absolute atomic E-state index is 0.0132. The minimum Gasteiger partial charge on any atom is -0.337 e. The number of rotatable bonds is 4. The second-order valence-corrected chi connectivity index (χ2v) is 8.90. The summed E-state index contributed by atoms with van der Waals surface area (Å²) in [6.07, 6.45) is 1.61. The molecule has 8 heteroatoms. The molecule has 2 atom stereocenters. The van der Waals surface area contributed by atoms with E-state index in [0.717, 1.165) is 6.42 Å². The second-order valence-electron chi connectivity index (χ2n) is 8.46. The number of hydrogen-bond donors (Lipinski definition) is 2. The van der Waals surface area contributed by atoms with Gasteiger partial charge in [0, 0.05) is 54.1 Å². The molecule has 32 heavy (non-hydrogen) atoms. The van der Waals surface area contributed by atoms with Crippen LogP contribution in [0.5, 0.6) is 0 Å². The lowest BCUT2D eigenvalue weighted by Crippen LogP contribution is -2.39. The number of nitrogens with one attached hydrogen (secondary N) is 2. The lowest BCUT2D eigenvalue weighted by atomic mass is 10.1. The fourth-order valence-corrected chi connectivity index (χ4v) is 4.02. The summed E-state index contributed by atoms with van der Waals surface area (Å²) in [4.78, 5) is 41.4. The van der Waals surface area contributed by atoms with Crippen LogP contribution in [-0.2, 0) is 4.79 Å². The molecule has 0 spiro atoms. The quantitative estimate of drug-likeness (QED) is 0.722. The third-order valence-electron chi connectivity index (χ3n) is 5.99. The molecule has 2 fully saturated rings. The molecule has 1 saturated carbocycles. The van der Waals surface area contributed by atoms with Crippen molar-refractivity contribution < 1.29 is 14.4 Å². The minimum atomic E-state index is -0.194. The smallest absolute Gasteiger partial charge is 0.321 e. The van der Waals surface area contributed by atoms with Gasteiger partial charge < -0.3 is 20.4 Å². The van der Waals surface area contributed by atoms with Gasteiger partial charge in [0.05, 0.1) is 0 Å². The normalized spacial score (nSPS) is 20.3. The SMILES string of the molecule is CC1CC1C(=O)Nc1cccc(C(=O)N2CCCN(C(=O)Nc3ccc(Cl)cc3)CC2)c1. The van der Waals surface area contributed by atoms with Crippen LogP contribution in [0.1, 0.15) is 30.1 Å². The number of halogens is 1. The molecule has 2 unspecified atom stereocenters. The molecular weight excluding hydrogens is 428 g/mol. The fourth-order valence-electron chi connectivity index (χ4n) is 3.89. The summed E-state index contributed by atoms with van der Waals surface area (Å²) in [6, 6.07) is 13.8. The Kier molecular flexibility index (Phi) is 6.65. The van der Waals surface area contributed by atoms with Gasteiger partial charge in [0.1, 0.15) is 0 Å². The molecule has 2 aromatic carbocycles. The van der Waals surface area contributed by atoms with E-state index >= 15 is 0 Å². The summed E-state index contributed by atoms with van der Waals surface area (Å²) in [5, 5.41) is 6.39. The number of amides is 4. The third kappa shape index (κ3) is 5.40. The number of benzene rings is 2. The Morgan fingerprint density at radius 3 is 2.31 bits per heavy atom. The molecule has 4 rings (SSSR count). The van der Waals surface area contributed by atoms with Crippen molar-refractivity contribution in [3.63, 3.8) is 0 Å². The molecule has 0 aromatic heterocycles. The zero-order valence-electron chi connectivity index (χ0n) is 18.0. The van der Waals surface area contributed by atoms with Crippen molar-refractivity contribution in [2.24, 2.45) is 11.8 Å². The molecule has 1 heterocycles. The summed E-state index contributed by atoms with van der Waals surface area (Å²) in [6.45, 7) is 4.09. The fraction of sp³-hybridized carbons (Fsp3) is 0.375. The summed E-state index contributed by atoms with van der Waals surface area (Å²) < 4.78 is 0. The third-order valence-corrected chi connectivity index (χ3v) is 6.24. The molecule has 0 radical (unpaired) electrons. The predicted molar refractivity (Wildman–Crippen MR) is 125 cm³/mol. The molecule has 168 valence electrons. The summed E-state index contributed by atoms with van der Waals surface area (Å²) >= 11 is 5.89. The Hall–Kier alpha value is -3.06. The predicted octanol–water partition coefficient (Wildman–Crippen LogP) is 4.31. The Balaban J connectivity index is 1.34. The highest BCUT2D eigenvalue weighted by atomic mass is 35.5. The Morgan fingerprint density at radius 1 is 0.906 bits per heavy atom. The molecule has 2 N–H and O–H groups in total. The van der Waals surface area contributed by atoms with Crippen molar-refractivity contribution in [3.8, 4) is 0 Å². The van der Waals surface area contributed by atoms with Gasteiger partial charge in [-0.25, -0.2) is 4.79 Å². The van der Waals surface area contributed by atoms with Crippen LogP contribution in [0.15, 0.2) is 48.5 Å². The maximum absolute atomic E-state index is 13.1. The molecule has 2 aromatic rings. The Bertz CT molecular complexity index is 1010. The molecule has 1 aliphatic carbocycles. The maximum Gasteiger partial charge on any atom is 0.321 e.